The van der Waals surface area contributed by atoms with Crippen LogP contribution in [-0.4, -0.2) is 0 Å². The van der Waals surface area contributed by atoms with Crippen molar-refractivity contribution in [1.82, 2.24) is 0 Å². The molecule has 11 rings (SSSR count). The van der Waals surface area contributed by atoms with Crippen molar-refractivity contribution in [2.75, 3.05) is 4.90 Å². The first kappa shape index (κ1) is 29.3. The predicted molar refractivity (Wildman–Crippen MR) is 219 cm³/mol. The minimum absolute atomic E-state index is 0.417. The lowest BCUT2D eigenvalue weighted by molar-refractivity contribution is 0.669. The molecule has 2 nitrogen and oxygen atoms in total. The molecule has 1 aliphatic rings. The Balaban J connectivity index is 1.12. The Morgan fingerprint density at radius 3 is 1.81 bits per heavy atom. The average Bonchev–Trinajstić information content (AvgIpc) is 3.87. The molecule has 0 atom stereocenters. The van der Waals surface area contributed by atoms with Crippen molar-refractivity contribution in [3.8, 4) is 11.1 Å². The zero-order chi connectivity index (χ0) is 34.2. The second kappa shape index (κ2) is 11.3. The highest BCUT2D eigenvalue weighted by atomic mass is 32.1. The van der Waals surface area contributed by atoms with E-state index in [1.54, 1.807) is 0 Å². The Morgan fingerprint density at radius 2 is 1.04 bits per heavy atom. The zero-order valence-electron chi connectivity index (χ0n) is 28.2. The molecule has 52 heavy (non-hydrogen) atoms. The Kier molecular flexibility index (Phi) is 6.37. The summed E-state index contributed by atoms with van der Waals surface area (Å²) in [6.07, 6.45) is 0. The topological polar surface area (TPSA) is 16.4 Å². The molecule has 0 saturated carbocycles. The number of benzene rings is 8. The summed E-state index contributed by atoms with van der Waals surface area (Å²) >= 11 is 1.88. The lowest BCUT2D eigenvalue weighted by atomic mass is 9.67. The van der Waals surface area contributed by atoms with Crippen LogP contribution in [0.2, 0.25) is 0 Å². The van der Waals surface area contributed by atoms with E-state index in [4.69, 9.17) is 4.42 Å². The van der Waals surface area contributed by atoms with Gasteiger partial charge < -0.3 is 9.32 Å². The number of fused-ring (bicyclic) bond motifs is 9. The summed E-state index contributed by atoms with van der Waals surface area (Å²) < 4.78 is 8.89. The number of hydrogen-bond acceptors (Lipinski definition) is 3. The van der Waals surface area contributed by atoms with Crippen LogP contribution in [0.1, 0.15) is 22.3 Å². The molecule has 0 saturated heterocycles. The van der Waals surface area contributed by atoms with Crippen LogP contribution in [0, 0.1) is 0 Å². The molecule has 10 aromatic rings. The van der Waals surface area contributed by atoms with Gasteiger partial charge in [-0.05, 0) is 81.9 Å². The summed E-state index contributed by atoms with van der Waals surface area (Å²) in [5.41, 5.74) is 12.6. The van der Waals surface area contributed by atoms with Gasteiger partial charge in [-0.2, -0.15) is 0 Å². The van der Waals surface area contributed by atoms with Crippen molar-refractivity contribution in [3.63, 3.8) is 0 Å². The number of hydrogen-bond donors (Lipinski definition) is 0. The van der Waals surface area contributed by atoms with Gasteiger partial charge in [0.25, 0.3) is 0 Å². The van der Waals surface area contributed by atoms with Gasteiger partial charge in [-0.25, -0.2) is 0 Å². The smallest absolute Gasteiger partial charge is 0.137 e. The maximum atomic E-state index is 6.34. The highest BCUT2D eigenvalue weighted by Crippen LogP contribution is 2.56. The summed E-state index contributed by atoms with van der Waals surface area (Å²) in [6.45, 7) is 0. The molecule has 244 valence electrons. The molecule has 0 spiro atoms. The molecule has 0 fully saturated rings. The molecule has 0 radical (unpaired) electrons. The van der Waals surface area contributed by atoms with Gasteiger partial charge in [-0.1, -0.05) is 140 Å². The number of nitrogens with zero attached hydrogens (tertiary/aromatic N) is 1. The summed E-state index contributed by atoms with van der Waals surface area (Å²) in [4.78, 5) is 2.37. The highest BCUT2D eigenvalue weighted by Gasteiger charge is 2.45. The van der Waals surface area contributed by atoms with E-state index in [0.29, 0.717) is 0 Å². The lowest BCUT2D eigenvalue weighted by Gasteiger charge is -2.33. The molecule has 2 heterocycles. The van der Waals surface area contributed by atoms with Crippen LogP contribution in [-0.2, 0) is 5.41 Å². The van der Waals surface area contributed by atoms with Gasteiger partial charge in [0.1, 0.15) is 11.2 Å². The van der Waals surface area contributed by atoms with Crippen LogP contribution in [0.15, 0.2) is 192 Å². The number of rotatable bonds is 5. The van der Waals surface area contributed by atoms with Crippen LogP contribution in [0.4, 0.5) is 17.1 Å². The van der Waals surface area contributed by atoms with Gasteiger partial charge in [0.05, 0.1) is 16.5 Å². The van der Waals surface area contributed by atoms with Crippen molar-refractivity contribution in [1.29, 1.82) is 0 Å². The average molecular weight is 682 g/mol. The van der Waals surface area contributed by atoms with Gasteiger partial charge >= 0.3 is 0 Å². The summed E-state index contributed by atoms with van der Waals surface area (Å²) in [6, 6.07) is 68.4. The van der Waals surface area contributed by atoms with Gasteiger partial charge in [0.15, 0.2) is 0 Å². The lowest BCUT2D eigenvalue weighted by Crippen LogP contribution is -2.28. The Hall–Kier alpha value is -6.42. The summed E-state index contributed by atoms with van der Waals surface area (Å²) in [7, 11) is 0. The van der Waals surface area contributed by atoms with E-state index in [-0.39, 0.29) is 0 Å². The van der Waals surface area contributed by atoms with Gasteiger partial charge in [0.2, 0.25) is 0 Å². The number of furan rings is 1. The number of para-hydroxylation sites is 2. The first-order valence-electron chi connectivity index (χ1n) is 17.8. The van der Waals surface area contributed by atoms with E-state index in [1.807, 2.05) is 23.5 Å². The van der Waals surface area contributed by atoms with Crippen molar-refractivity contribution in [2.45, 2.75) is 5.41 Å². The van der Waals surface area contributed by atoms with E-state index in [0.717, 1.165) is 39.0 Å². The third kappa shape index (κ3) is 4.11. The zero-order valence-corrected chi connectivity index (χ0v) is 29.0. The Morgan fingerprint density at radius 1 is 0.423 bits per heavy atom. The Bertz CT molecular complexity index is 2930. The van der Waals surface area contributed by atoms with Crippen molar-refractivity contribution < 1.29 is 4.42 Å². The molecule has 0 N–H and O–H groups in total. The molecule has 8 aromatic carbocycles. The largest absolute Gasteiger partial charge is 0.456 e. The van der Waals surface area contributed by atoms with Gasteiger partial charge in [-0.3, -0.25) is 0 Å². The first-order valence-corrected chi connectivity index (χ1v) is 18.6. The first-order chi connectivity index (χ1) is 25.8. The van der Waals surface area contributed by atoms with Crippen LogP contribution in [0.3, 0.4) is 0 Å². The molecule has 0 bridgehead atoms. The minimum Gasteiger partial charge on any atom is -0.456 e. The van der Waals surface area contributed by atoms with Crippen LogP contribution >= 0.6 is 11.3 Å². The van der Waals surface area contributed by atoms with Gasteiger partial charge in [-0.15, -0.1) is 11.3 Å². The number of thiophene rings is 1. The van der Waals surface area contributed by atoms with Crippen LogP contribution in [0.5, 0.6) is 0 Å². The normalized spacial score (nSPS) is 13.2. The van der Waals surface area contributed by atoms with E-state index < -0.39 is 5.41 Å². The third-order valence-corrected chi connectivity index (χ3v) is 12.1. The maximum absolute atomic E-state index is 6.34. The van der Waals surface area contributed by atoms with E-state index in [9.17, 15) is 0 Å². The predicted octanol–water partition coefficient (Wildman–Crippen LogP) is 13.8. The molecule has 1 aliphatic carbocycles. The SMILES string of the molecule is c1ccc(N(c2ccc3c(c2)sc2cc(C4(c5ccccc5)c5ccccc5-c5ccccc54)ccc23)c2cccc3oc4ccccc4c23)cc1. The summed E-state index contributed by atoms with van der Waals surface area (Å²) in [5, 5.41) is 4.79. The molecule has 0 amide bonds. The third-order valence-electron chi connectivity index (χ3n) is 10.9. The van der Waals surface area contributed by atoms with Crippen molar-refractivity contribution in [3.05, 3.63) is 210 Å². The fraction of sp³-hybridized carbons (Fsp3) is 0.0204. The fourth-order valence-corrected chi connectivity index (χ4v) is 9.97. The molecule has 0 aliphatic heterocycles. The van der Waals surface area contributed by atoms with Crippen LogP contribution < -0.4 is 4.90 Å². The minimum atomic E-state index is -0.417. The molecular weight excluding hydrogens is 651 g/mol. The monoisotopic (exact) mass is 681 g/mol. The second-order valence-corrected chi connectivity index (χ2v) is 14.7. The standard InChI is InChI=1S/C49H31NOS/c1-3-14-32(15-4-1)49(41-21-10-7-18-36(41)37-19-8-11-22-42(37)49)33-26-28-38-39-29-27-35(31-47(39)52-46(38)30-33)50(34-16-5-2-6-17-34)43-23-13-25-45-48(43)40-20-9-12-24-44(40)51-45/h1-31H. The molecular formula is C49H31NOS. The van der Waals surface area contributed by atoms with E-state index in [1.165, 1.54) is 53.6 Å². The molecule has 0 unspecified atom stereocenters. The second-order valence-electron chi connectivity index (χ2n) is 13.6. The van der Waals surface area contributed by atoms with Crippen molar-refractivity contribution in [2.24, 2.45) is 0 Å². The maximum Gasteiger partial charge on any atom is 0.137 e. The summed E-state index contributed by atoms with van der Waals surface area (Å²) in [5.74, 6) is 0. The molecule has 2 aromatic heterocycles. The Labute approximate surface area is 305 Å². The highest BCUT2D eigenvalue weighted by molar-refractivity contribution is 7.25. The van der Waals surface area contributed by atoms with Crippen molar-refractivity contribution >= 4 is 70.5 Å². The molecule has 3 heteroatoms. The van der Waals surface area contributed by atoms with Gasteiger partial charge in [0, 0.05) is 36.9 Å². The van der Waals surface area contributed by atoms with Crippen LogP contribution in [0.25, 0.3) is 53.2 Å². The van der Waals surface area contributed by atoms with E-state index >= 15 is 0 Å². The number of anilines is 3. The van der Waals surface area contributed by atoms with E-state index in [2.05, 4.69) is 181 Å². The fourth-order valence-electron chi connectivity index (χ4n) is 8.80. The quantitative estimate of drug-likeness (QED) is 0.180.